The first-order valence-corrected chi connectivity index (χ1v) is 9.88. The summed E-state index contributed by atoms with van der Waals surface area (Å²) in [6.07, 6.45) is 6.64. The molecule has 0 spiro atoms. The Bertz CT molecular complexity index is 988. The van der Waals surface area contributed by atoms with Gasteiger partial charge in [0.2, 0.25) is 0 Å². The average molecular weight is 390 g/mol. The molecule has 4 rings (SSSR count). The van der Waals surface area contributed by atoms with Crippen LogP contribution in [0.15, 0.2) is 59.2 Å². The summed E-state index contributed by atoms with van der Waals surface area (Å²) in [5.74, 6) is 0.808. The Morgan fingerprint density at radius 3 is 2.76 bits per heavy atom. The van der Waals surface area contributed by atoms with Crippen LogP contribution in [0.5, 0.6) is 0 Å². The number of fused-ring (bicyclic) bond motifs is 1. The predicted molar refractivity (Wildman–Crippen MR) is 113 cm³/mol. The van der Waals surface area contributed by atoms with Gasteiger partial charge in [-0.15, -0.1) is 0 Å². The van der Waals surface area contributed by atoms with Gasteiger partial charge in [-0.3, -0.25) is 14.4 Å². The number of aromatic nitrogens is 2. The molecule has 0 N–H and O–H groups in total. The number of hydrogen-bond acceptors (Lipinski definition) is 4. The Balaban J connectivity index is 1.56. The number of nitrogens with zero attached hydrogens (tertiary/aromatic N) is 4. The molecule has 6 heteroatoms. The normalized spacial score (nSPS) is 14.3. The van der Waals surface area contributed by atoms with E-state index in [1.165, 1.54) is 11.3 Å². The molecule has 0 saturated heterocycles. The zero-order chi connectivity index (χ0) is 20.2. The average Bonchev–Trinajstić information content (AvgIpc) is 3.36. The first-order valence-electron chi connectivity index (χ1n) is 9.88. The Kier molecular flexibility index (Phi) is 5.62. The van der Waals surface area contributed by atoms with Gasteiger partial charge in [-0.2, -0.15) is 5.10 Å². The van der Waals surface area contributed by atoms with Crippen molar-refractivity contribution in [3.63, 3.8) is 0 Å². The van der Waals surface area contributed by atoms with Crippen molar-refractivity contribution < 1.29 is 9.21 Å². The van der Waals surface area contributed by atoms with Crippen LogP contribution in [-0.2, 0) is 19.5 Å². The maximum atomic E-state index is 12.8. The third-order valence-electron chi connectivity index (χ3n) is 5.19. The van der Waals surface area contributed by atoms with Gasteiger partial charge in [0.25, 0.3) is 5.91 Å². The fourth-order valence-corrected chi connectivity index (χ4v) is 3.68. The molecule has 0 bridgehead atoms. The number of furan rings is 1. The number of carbonyl (C=O) groups is 1. The lowest BCUT2D eigenvalue weighted by Gasteiger charge is -2.26. The van der Waals surface area contributed by atoms with Gasteiger partial charge in [0.15, 0.2) is 5.69 Å². The second kappa shape index (κ2) is 8.49. The zero-order valence-electron chi connectivity index (χ0n) is 16.9. The van der Waals surface area contributed by atoms with Crippen LogP contribution in [0.1, 0.15) is 33.1 Å². The Labute approximate surface area is 171 Å². The summed E-state index contributed by atoms with van der Waals surface area (Å²) < 4.78 is 7.36. The molecule has 0 saturated carbocycles. The maximum Gasteiger partial charge on any atom is 0.274 e. The lowest BCUT2D eigenvalue weighted by Crippen LogP contribution is -2.32. The first kappa shape index (κ1) is 19.2. The standard InChI is InChI=1S/C23H26N4O2/c1-25(2)23(28)22-20-17-26(13-6-10-19-11-7-15-29-19)14-12-21(20)27(24-22)16-18-8-4-3-5-9-18/h3-11,15H,12-14,16-17H2,1-2H3. The van der Waals surface area contributed by atoms with Gasteiger partial charge >= 0.3 is 0 Å². The van der Waals surface area contributed by atoms with Crippen LogP contribution >= 0.6 is 0 Å². The number of hydrogen-bond donors (Lipinski definition) is 0. The van der Waals surface area contributed by atoms with Crippen LogP contribution < -0.4 is 0 Å². The van der Waals surface area contributed by atoms with Gasteiger partial charge in [0, 0.05) is 51.4 Å². The van der Waals surface area contributed by atoms with E-state index in [1.807, 2.05) is 41.1 Å². The van der Waals surface area contributed by atoms with Crippen molar-refractivity contribution >= 4 is 12.0 Å². The highest BCUT2D eigenvalue weighted by Crippen LogP contribution is 2.24. The van der Waals surface area contributed by atoms with Crippen molar-refractivity contribution in [1.29, 1.82) is 0 Å². The minimum Gasteiger partial charge on any atom is -0.465 e. The molecule has 29 heavy (non-hydrogen) atoms. The zero-order valence-corrected chi connectivity index (χ0v) is 16.9. The summed E-state index contributed by atoms with van der Waals surface area (Å²) in [4.78, 5) is 16.7. The minimum absolute atomic E-state index is 0.0407. The van der Waals surface area contributed by atoms with Crippen molar-refractivity contribution in [2.75, 3.05) is 27.2 Å². The molecule has 0 radical (unpaired) electrons. The largest absolute Gasteiger partial charge is 0.465 e. The summed E-state index contributed by atoms with van der Waals surface area (Å²) in [5.41, 5.74) is 3.98. The van der Waals surface area contributed by atoms with Crippen LogP contribution in [-0.4, -0.2) is 52.7 Å². The molecule has 0 fully saturated rings. The van der Waals surface area contributed by atoms with Crippen LogP contribution in [0.3, 0.4) is 0 Å². The van der Waals surface area contributed by atoms with Crippen molar-refractivity contribution in [3.8, 4) is 0 Å². The molecule has 3 aromatic rings. The number of amides is 1. The van der Waals surface area contributed by atoms with Crippen molar-refractivity contribution in [2.24, 2.45) is 0 Å². The van der Waals surface area contributed by atoms with Crippen molar-refractivity contribution in [3.05, 3.63) is 83.1 Å². The van der Waals surface area contributed by atoms with E-state index < -0.39 is 0 Å². The van der Waals surface area contributed by atoms with E-state index in [9.17, 15) is 4.79 Å². The molecule has 1 aliphatic rings. The van der Waals surface area contributed by atoms with E-state index in [-0.39, 0.29) is 5.91 Å². The lowest BCUT2D eigenvalue weighted by molar-refractivity contribution is 0.0819. The molecule has 0 atom stereocenters. The smallest absolute Gasteiger partial charge is 0.274 e. The van der Waals surface area contributed by atoms with Gasteiger partial charge in [-0.05, 0) is 23.8 Å². The highest BCUT2D eigenvalue weighted by atomic mass is 16.3. The second-order valence-electron chi connectivity index (χ2n) is 7.52. The molecule has 3 heterocycles. The molecular formula is C23H26N4O2. The summed E-state index contributed by atoms with van der Waals surface area (Å²) in [5, 5.41) is 4.73. The van der Waals surface area contributed by atoms with E-state index in [1.54, 1.807) is 25.3 Å². The number of benzene rings is 1. The van der Waals surface area contributed by atoms with Crippen LogP contribution in [0.2, 0.25) is 0 Å². The molecule has 150 valence electrons. The number of rotatable bonds is 6. The lowest BCUT2D eigenvalue weighted by atomic mass is 10.0. The van der Waals surface area contributed by atoms with Crippen molar-refractivity contribution in [1.82, 2.24) is 19.6 Å². The fourth-order valence-electron chi connectivity index (χ4n) is 3.68. The van der Waals surface area contributed by atoms with E-state index in [0.717, 1.165) is 37.4 Å². The quantitative estimate of drug-likeness (QED) is 0.648. The first-order chi connectivity index (χ1) is 14.1. The maximum absolute atomic E-state index is 12.8. The van der Waals surface area contributed by atoms with E-state index >= 15 is 0 Å². The van der Waals surface area contributed by atoms with E-state index in [0.29, 0.717) is 12.2 Å². The third kappa shape index (κ3) is 4.32. The van der Waals surface area contributed by atoms with E-state index in [4.69, 9.17) is 9.52 Å². The number of carbonyl (C=O) groups excluding carboxylic acids is 1. The highest BCUT2D eigenvalue weighted by molar-refractivity contribution is 5.93. The Morgan fingerprint density at radius 1 is 1.21 bits per heavy atom. The fraction of sp³-hybridized carbons (Fsp3) is 0.304. The van der Waals surface area contributed by atoms with Crippen molar-refractivity contribution in [2.45, 2.75) is 19.5 Å². The minimum atomic E-state index is -0.0407. The molecule has 1 amide bonds. The highest BCUT2D eigenvalue weighted by Gasteiger charge is 2.28. The molecule has 6 nitrogen and oxygen atoms in total. The van der Waals surface area contributed by atoms with Gasteiger partial charge in [-0.25, -0.2) is 0 Å². The molecule has 2 aromatic heterocycles. The Morgan fingerprint density at radius 2 is 2.03 bits per heavy atom. The van der Waals surface area contributed by atoms with E-state index in [2.05, 4.69) is 23.1 Å². The molecule has 1 aliphatic heterocycles. The van der Waals surface area contributed by atoms with Crippen LogP contribution in [0.4, 0.5) is 0 Å². The Hall–Kier alpha value is -3.12. The summed E-state index contributed by atoms with van der Waals surface area (Å²) >= 11 is 0. The van der Waals surface area contributed by atoms with Gasteiger partial charge < -0.3 is 9.32 Å². The third-order valence-corrected chi connectivity index (χ3v) is 5.19. The summed E-state index contributed by atoms with van der Waals surface area (Å²) in [7, 11) is 3.55. The SMILES string of the molecule is CN(C)C(=O)c1nn(Cc2ccccc2)c2c1CN(CC=Cc1ccco1)CC2. The predicted octanol–water partition coefficient (Wildman–Crippen LogP) is 3.30. The van der Waals surface area contributed by atoms with Gasteiger partial charge in [0.05, 0.1) is 12.8 Å². The topological polar surface area (TPSA) is 54.5 Å². The van der Waals surface area contributed by atoms with Gasteiger partial charge in [0.1, 0.15) is 5.76 Å². The second-order valence-corrected chi connectivity index (χ2v) is 7.52. The summed E-state index contributed by atoms with van der Waals surface area (Å²) in [6, 6.07) is 14.1. The molecule has 1 aromatic carbocycles. The molecule has 0 aliphatic carbocycles. The molecular weight excluding hydrogens is 364 g/mol. The molecule has 0 unspecified atom stereocenters. The van der Waals surface area contributed by atoms with Crippen LogP contribution in [0, 0.1) is 0 Å². The van der Waals surface area contributed by atoms with Crippen LogP contribution in [0.25, 0.3) is 6.08 Å². The summed E-state index contributed by atoms with van der Waals surface area (Å²) in [6.45, 7) is 3.15. The monoisotopic (exact) mass is 390 g/mol. The van der Waals surface area contributed by atoms with Gasteiger partial charge in [-0.1, -0.05) is 36.4 Å².